The summed E-state index contributed by atoms with van der Waals surface area (Å²) in [7, 11) is 0. The van der Waals surface area contributed by atoms with Crippen molar-refractivity contribution >= 4 is 15.4 Å². The molecule has 0 atom stereocenters. The number of halogens is 2. The summed E-state index contributed by atoms with van der Waals surface area (Å²) < 4.78 is 1.55. The summed E-state index contributed by atoms with van der Waals surface area (Å²) in [6.45, 7) is 18.8. The van der Waals surface area contributed by atoms with Crippen molar-refractivity contribution in [1.82, 2.24) is 0 Å². The van der Waals surface area contributed by atoms with Crippen molar-refractivity contribution < 1.29 is 49.0 Å². The fourth-order valence-corrected chi connectivity index (χ4v) is 4.80. The Balaban J connectivity index is 0.000000308. The summed E-state index contributed by atoms with van der Waals surface area (Å²) in [5.74, 6) is 0. The summed E-state index contributed by atoms with van der Waals surface area (Å²) in [4.78, 5) is 0. The van der Waals surface area contributed by atoms with Gasteiger partial charge in [-0.05, 0) is 12.0 Å². The van der Waals surface area contributed by atoms with Gasteiger partial charge in [0.1, 0.15) is 0 Å². The molecule has 0 saturated carbocycles. The Morgan fingerprint density at radius 1 is 0.925 bits per heavy atom. The van der Waals surface area contributed by atoms with E-state index in [1.165, 1.54) is 75.2 Å². The van der Waals surface area contributed by atoms with E-state index in [4.69, 9.17) is 0 Å². The molecule has 1 aliphatic rings. The van der Waals surface area contributed by atoms with Crippen molar-refractivity contribution in [1.29, 1.82) is 0 Å². The quantitative estimate of drug-likeness (QED) is 0.255. The molecule has 0 saturated heterocycles. The molecule has 0 radical (unpaired) electrons. The van der Waals surface area contributed by atoms with Crippen LogP contribution in [0, 0.1) is 6.07 Å². The van der Waals surface area contributed by atoms with Gasteiger partial charge in [-0.3, -0.25) is 0 Å². The zero-order chi connectivity index (χ0) is 27.7. The maximum absolute atomic E-state index is 3.82. The maximum Gasteiger partial charge on any atom is -0.0543 e. The van der Waals surface area contributed by atoms with Gasteiger partial charge in [0.05, 0.1) is 0 Å². The zero-order valence-corrected chi connectivity index (χ0v) is 28.4. The van der Waals surface area contributed by atoms with Crippen molar-refractivity contribution in [3.05, 3.63) is 137 Å². The predicted molar refractivity (Wildman–Crippen MR) is 165 cm³/mol. The predicted octanol–water partition coefficient (Wildman–Crippen LogP) is 3.78. The van der Waals surface area contributed by atoms with Crippen LogP contribution in [0.15, 0.2) is 92.0 Å². The summed E-state index contributed by atoms with van der Waals surface area (Å²) in [5.41, 5.74) is 12.2. The number of hydrogen-bond acceptors (Lipinski definition) is 0. The Labute approximate surface area is 270 Å². The fraction of sp³-hybridized carbons (Fsp3) is 0.243. The molecule has 0 bridgehead atoms. The third-order valence-corrected chi connectivity index (χ3v) is 8.46. The van der Waals surface area contributed by atoms with Gasteiger partial charge >= 0.3 is 76.7 Å². The van der Waals surface area contributed by atoms with E-state index in [-0.39, 0.29) is 24.8 Å². The van der Waals surface area contributed by atoms with Crippen LogP contribution in [0.5, 0.6) is 0 Å². The molecule has 0 aromatic heterocycles. The van der Waals surface area contributed by atoms with Crippen molar-refractivity contribution in [2.45, 2.75) is 59.3 Å². The summed E-state index contributed by atoms with van der Waals surface area (Å²) in [5, 5.41) is 0. The van der Waals surface area contributed by atoms with Gasteiger partial charge in [0.25, 0.3) is 0 Å². The van der Waals surface area contributed by atoms with Gasteiger partial charge in [0.2, 0.25) is 0 Å². The van der Waals surface area contributed by atoms with Crippen LogP contribution in [0.1, 0.15) is 80.0 Å². The smallest absolute Gasteiger partial charge is 0.0543 e. The van der Waals surface area contributed by atoms with Gasteiger partial charge in [-0.2, -0.15) is 47.0 Å². The fourth-order valence-electron chi connectivity index (χ4n) is 4.39. The second-order valence-electron chi connectivity index (χ2n) is 10.6. The average molecular weight is 647 g/mol. The molecule has 40 heavy (non-hydrogen) atoms. The SMILES string of the molecule is C=Cc1c[c-]c2c(c1)-c1cc(C=C)ccc1C2.CC[C](=[Zr+2])c1ccccc1.CCc1cc(C(C)(C)C)c[cH-]1.[Cl-].[Cl-]. The van der Waals surface area contributed by atoms with Gasteiger partial charge in [0.15, 0.2) is 0 Å². The molecule has 1 aliphatic carbocycles. The number of benzene rings is 3. The second-order valence-corrected chi connectivity index (χ2v) is 12.1. The van der Waals surface area contributed by atoms with Crippen LogP contribution < -0.4 is 24.8 Å². The molecule has 4 aromatic rings. The van der Waals surface area contributed by atoms with Crippen LogP contribution in [-0.4, -0.2) is 3.21 Å². The van der Waals surface area contributed by atoms with E-state index < -0.39 is 0 Å². The van der Waals surface area contributed by atoms with Gasteiger partial charge in [-0.1, -0.05) is 81.5 Å². The Morgan fingerprint density at radius 3 is 2.10 bits per heavy atom. The van der Waals surface area contributed by atoms with E-state index in [2.05, 4.69) is 127 Å². The molecule has 0 spiro atoms. The molecule has 0 unspecified atom stereocenters. The molecular formula is C37H40Cl2Zr-2. The minimum atomic E-state index is 0. The monoisotopic (exact) mass is 644 g/mol. The summed E-state index contributed by atoms with van der Waals surface area (Å²) in [6, 6.07) is 31.4. The normalized spacial score (nSPS) is 10.7. The Hall–Kier alpha value is -2.18. The van der Waals surface area contributed by atoms with Crippen molar-refractivity contribution in [3.8, 4) is 11.1 Å². The Bertz CT molecular complexity index is 1330. The Morgan fingerprint density at radius 2 is 1.57 bits per heavy atom. The maximum atomic E-state index is 3.82. The third kappa shape index (κ3) is 9.73. The molecule has 0 fully saturated rings. The van der Waals surface area contributed by atoms with Gasteiger partial charge in [-0.15, -0.1) is 23.8 Å². The number of fused-ring (bicyclic) bond motifs is 3. The van der Waals surface area contributed by atoms with Crippen LogP contribution in [0.2, 0.25) is 0 Å². The molecule has 0 nitrogen and oxygen atoms in total. The largest absolute Gasteiger partial charge is 1.00 e. The number of aryl methyl sites for hydroxylation is 1. The van der Waals surface area contributed by atoms with E-state index >= 15 is 0 Å². The van der Waals surface area contributed by atoms with Crippen LogP contribution in [0.3, 0.4) is 0 Å². The molecule has 208 valence electrons. The molecule has 0 N–H and O–H groups in total. The van der Waals surface area contributed by atoms with Crippen molar-refractivity contribution in [3.63, 3.8) is 0 Å². The summed E-state index contributed by atoms with van der Waals surface area (Å²) in [6.07, 6.45) is 7.07. The van der Waals surface area contributed by atoms with Crippen LogP contribution in [-0.2, 0) is 42.5 Å². The second kappa shape index (κ2) is 16.9. The number of rotatable bonds is 5. The van der Waals surface area contributed by atoms with E-state index in [9.17, 15) is 0 Å². The van der Waals surface area contributed by atoms with Crippen molar-refractivity contribution in [2.24, 2.45) is 0 Å². The molecule has 3 heteroatoms. The molecule has 5 rings (SSSR count). The van der Waals surface area contributed by atoms with Crippen LogP contribution >= 0.6 is 0 Å². The first-order valence-electron chi connectivity index (χ1n) is 13.5. The Kier molecular flexibility index (Phi) is 15.2. The topological polar surface area (TPSA) is 0 Å². The van der Waals surface area contributed by atoms with Crippen LogP contribution in [0.25, 0.3) is 23.3 Å². The van der Waals surface area contributed by atoms with Crippen molar-refractivity contribution in [2.75, 3.05) is 0 Å². The molecule has 0 heterocycles. The average Bonchev–Trinajstić information content (AvgIpc) is 3.58. The number of hydrogen-bond donors (Lipinski definition) is 0. The van der Waals surface area contributed by atoms with Gasteiger partial charge in [0, 0.05) is 0 Å². The molecular weight excluding hydrogens is 607 g/mol. The van der Waals surface area contributed by atoms with E-state index in [1.54, 1.807) is 3.21 Å². The molecule has 0 aliphatic heterocycles. The van der Waals surface area contributed by atoms with Gasteiger partial charge in [-0.25, -0.2) is 6.07 Å². The zero-order valence-electron chi connectivity index (χ0n) is 24.5. The van der Waals surface area contributed by atoms with E-state index in [0.717, 1.165) is 18.4 Å². The molecule has 0 amide bonds. The standard InChI is InChI=1S/C17H13.C11H17.C9H10.2ClH.Zr/c1-3-12-5-7-14-11-15-8-6-13(4-2)10-17(15)16(14)9-12;1-5-9-6-7-10(8-9)11(2,3)4;1-2-6-9-7-4-3-5-8-9;;;/h3-7,9-10H,1-2,11H2;6-8H,5H2,1-4H3;3-5,7-8H,2H2,1H3;2*1H;/q2*-1;;;;+2/p-2. The summed E-state index contributed by atoms with van der Waals surface area (Å²) >= 11 is 1.54. The minimum Gasteiger partial charge on any atom is -1.00 e. The minimum absolute atomic E-state index is 0. The third-order valence-electron chi connectivity index (χ3n) is 6.88. The first kappa shape index (κ1) is 35.8. The molecule has 4 aromatic carbocycles. The first-order valence-corrected chi connectivity index (χ1v) is 14.7. The van der Waals surface area contributed by atoms with E-state index in [1.807, 2.05) is 18.2 Å². The van der Waals surface area contributed by atoms with E-state index in [0.29, 0.717) is 5.41 Å². The van der Waals surface area contributed by atoms with Crippen LogP contribution in [0.4, 0.5) is 0 Å². The first-order chi connectivity index (χ1) is 18.2. The van der Waals surface area contributed by atoms with Gasteiger partial charge < -0.3 is 24.8 Å².